The van der Waals surface area contributed by atoms with E-state index >= 15 is 0 Å². The zero-order valence-electron chi connectivity index (χ0n) is 19.6. The largest absolute Gasteiger partial charge is 0.352 e. The number of nitrogens with zero attached hydrogens (tertiary/aromatic N) is 5. The van der Waals surface area contributed by atoms with Gasteiger partial charge in [0.2, 0.25) is 5.91 Å². The SMILES string of the molecule is CC(C)C(=O)Nc1cncc(-c2ccc3[nH]nc(-c4cc5c(-c6ccncc6)cncc5[nH]4)c3n2)c1. The summed E-state index contributed by atoms with van der Waals surface area (Å²) in [6.45, 7) is 3.70. The average molecular weight is 475 g/mol. The van der Waals surface area contributed by atoms with Crippen molar-refractivity contribution in [1.82, 2.24) is 35.1 Å². The Morgan fingerprint density at radius 3 is 2.56 bits per heavy atom. The van der Waals surface area contributed by atoms with E-state index in [0.717, 1.165) is 50.0 Å². The molecule has 176 valence electrons. The van der Waals surface area contributed by atoms with Crippen LogP contribution in [0.25, 0.3) is 55.7 Å². The number of rotatable bonds is 5. The molecule has 9 nitrogen and oxygen atoms in total. The van der Waals surface area contributed by atoms with Gasteiger partial charge in [-0.2, -0.15) is 5.10 Å². The lowest BCUT2D eigenvalue weighted by Crippen LogP contribution is -2.17. The highest BCUT2D eigenvalue weighted by atomic mass is 16.1. The van der Waals surface area contributed by atoms with Crippen molar-refractivity contribution in [3.8, 4) is 33.8 Å². The van der Waals surface area contributed by atoms with E-state index in [2.05, 4.69) is 41.5 Å². The lowest BCUT2D eigenvalue weighted by atomic mass is 10.1. The highest BCUT2D eigenvalue weighted by molar-refractivity contribution is 6.00. The summed E-state index contributed by atoms with van der Waals surface area (Å²) < 4.78 is 0. The maximum absolute atomic E-state index is 12.1. The van der Waals surface area contributed by atoms with E-state index in [-0.39, 0.29) is 11.8 Å². The molecular weight excluding hydrogens is 452 g/mol. The summed E-state index contributed by atoms with van der Waals surface area (Å²) >= 11 is 0. The molecule has 0 saturated heterocycles. The predicted octanol–water partition coefficient (Wildman–Crippen LogP) is 5.22. The molecule has 0 saturated carbocycles. The van der Waals surface area contributed by atoms with Crippen molar-refractivity contribution in [2.24, 2.45) is 5.92 Å². The summed E-state index contributed by atoms with van der Waals surface area (Å²) in [5, 5.41) is 11.6. The number of amides is 1. The number of aromatic amines is 2. The molecule has 6 rings (SSSR count). The Bertz CT molecular complexity index is 1720. The summed E-state index contributed by atoms with van der Waals surface area (Å²) in [5.41, 5.74) is 8.21. The number of carbonyl (C=O) groups is 1. The number of aromatic nitrogens is 7. The third kappa shape index (κ3) is 3.86. The first-order valence-electron chi connectivity index (χ1n) is 11.6. The normalized spacial score (nSPS) is 11.4. The van der Waals surface area contributed by atoms with Crippen LogP contribution >= 0.6 is 0 Å². The molecule has 6 aromatic rings. The third-order valence-electron chi connectivity index (χ3n) is 6.03. The number of carbonyl (C=O) groups excluding carboxylic acids is 1. The fourth-order valence-electron chi connectivity index (χ4n) is 4.12. The van der Waals surface area contributed by atoms with Crippen LogP contribution in [0.5, 0.6) is 0 Å². The average Bonchev–Trinajstić information content (AvgIpc) is 3.53. The van der Waals surface area contributed by atoms with Gasteiger partial charge in [-0.05, 0) is 42.0 Å². The molecule has 0 aliphatic carbocycles. The van der Waals surface area contributed by atoms with E-state index in [0.29, 0.717) is 11.4 Å². The fourth-order valence-corrected chi connectivity index (χ4v) is 4.12. The molecule has 3 N–H and O–H groups in total. The lowest BCUT2D eigenvalue weighted by Gasteiger charge is -2.08. The van der Waals surface area contributed by atoms with E-state index in [9.17, 15) is 4.79 Å². The van der Waals surface area contributed by atoms with Gasteiger partial charge < -0.3 is 10.3 Å². The Labute approximate surface area is 206 Å². The molecule has 0 atom stereocenters. The number of hydrogen-bond donors (Lipinski definition) is 3. The third-order valence-corrected chi connectivity index (χ3v) is 6.03. The summed E-state index contributed by atoms with van der Waals surface area (Å²) in [4.78, 5) is 33.3. The van der Waals surface area contributed by atoms with Crippen LogP contribution in [-0.4, -0.2) is 41.0 Å². The van der Waals surface area contributed by atoms with Crippen LogP contribution in [0.1, 0.15) is 13.8 Å². The van der Waals surface area contributed by atoms with Crippen molar-refractivity contribution in [3.63, 3.8) is 0 Å². The number of fused-ring (bicyclic) bond motifs is 2. The van der Waals surface area contributed by atoms with Crippen molar-refractivity contribution < 1.29 is 4.79 Å². The van der Waals surface area contributed by atoms with Crippen LogP contribution in [-0.2, 0) is 4.79 Å². The van der Waals surface area contributed by atoms with Crippen LogP contribution in [0.3, 0.4) is 0 Å². The van der Waals surface area contributed by atoms with Gasteiger partial charge in [0.15, 0.2) is 0 Å². The van der Waals surface area contributed by atoms with Crippen molar-refractivity contribution >= 4 is 33.5 Å². The van der Waals surface area contributed by atoms with Gasteiger partial charge in [0.25, 0.3) is 0 Å². The number of H-pyrrole nitrogens is 2. The zero-order valence-corrected chi connectivity index (χ0v) is 19.6. The Kier molecular flexibility index (Phi) is 5.22. The van der Waals surface area contributed by atoms with Crippen molar-refractivity contribution in [2.75, 3.05) is 5.32 Å². The summed E-state index contributed by atoms with van der Waals surface area (Å²) in [5.74, 6) is -0.184. The van der Waals surface area contributed by atoms with Crippen molar-refractivity contribution in [3.05, 3.63) is 73.6 Å². The molecule has 36 heavy (non-hydrogen) atoms. The summed E-state index contributed by atoms with van der Waals surface area (Å²) in [6, 6.07) is 11.7. The van der Waals surface area contributed by atoms with E-state index in [4.69, 9.17) is 4.98 Å². The molecule has 1 amide bonds. The predicted molar refractivity (Wildman–Crippen MR) is 139 cm³/mol. The molecule has 0 aromatic carbocycles. The topological polar surface area (TPSA) is 125 Å². The standard InChI is InChI=1S/C27H22N8O/c1-15(2)27(36)31-18-9-17(11-29-12-18)21-3-4-22-25(33-21)26(35-34-22)23-10-19-20(13-30-14-24(19)32-23)16-5-7-28-8-6-16/h3-15,32H,1-2H3,(H,31,36)(H,34,35). The quantitative estimate of drug-likeness (QED) is 0.315. The van der Waals surface area contributed by atoms with Crippen LogP contribution in [0.15, 0.2) is 73.6 Å². The van der Waals surface area contributed by atoms with Gasteiger partial charge in [-0.25, -0.2) is 4.98 Å². The van der Waals surface area contributed by atoms with Crippen LogP contribution in [0, 0.1) is 5.92 Å². The molecule has 6 aromatic heterocycles. The Hall–Kier alpha value is -4.92. The number of hydrogen-bond acceptors (Lipinski definition) is 6. The first-order chi connectivity index (χ1) is 17.6. The van der Waals surface area contributed by atoms with Gasteiger partial charge in [0.05, 0.1) is 40.5 Å². The smallest absolute Gasteiger partial charge is 0.226 e. The number of nitrogens with one attached hydrogen (secondary N) is 3. The van der Waals surface area contributed by atoms with Crippen LogP contribution < -0.4 is 5.32 Å². The van der Waals surface area contributed by atoms with Gasteiger partial charge >= 0.3 is 0 Å². The van der Waals surface area contributed by atoms with E-state index in [1.165, 1.54) is 0 Å². The summed E-state index contributed by atoms with van der Waals surface area (Å²) in [6.07, 6.45) is 10.6. The van der Waals surface area contributed by atoms with Crippen LogP contribution in [0.2, 0.25) is 0 Å². The molecule has 0 fully saturated rings. The van der Waals surface area contributed by atoms with Crippen molar-refractivity contribution in [2.45, 2.75) is 13.8 Å². The van der Waals surface area contributed by atoms with Gasteiger partial charge in [-0.3, -0.25) is 24.8 Å². The summed E-state index contributed by atoms with van der Waals surface area (Å²) in [7, 11) is 0. The molecule has 0 aliphatic rings. The fraction of sp³-hybridized carbons (Fsp3) is 0.111. The first kappa shape index (κ1) is 21.6. The zero-order chi connectivity index (χ0) is 24.6. The molecule has 0 spiro atoms. The van der Waals surface area contributed by atoms with E-state index in [1.807, 2.05) is 50.4 Å². The number of pyridine rings is 4. The first-order valence-corrected chi connectivity index (χ1v) is 11.6. The number of anilines is 1. The second-order valence-corrected chi connectivity index (χ2v) is 8.84. The van der Waals surface area contributed by atoms with Gasteiger partial charge in [-0.1, -0.05) is 13.8 Å². The van der Waals surface area contributed by atoms with E-state index in [1.54, 1.807) is 31.0 Å². The Morgan fingerprint density at radius 1 is 0.889 bits per heavy atom. The van der Waals surface area contributed by atoms with Gasteiger partial charge in [0.1, 0.15) is 11.2 Å². The second-order valence-electron chi connectivity index (χ2n) is 8.84. The van der Waals surface area contributed by atoms with Gasteiger partial charge in [0, 0.05) is 47.2 Å². The maximum Gasteiger partial charge on any atom is 0.226 e. The minimum Gasteiger partial charge on any atom is -0.352 e. The second kappa shape index (κ2) is 8.70. The van der Waals surface area contributed by atoms with Gasteiger partial charge in [-0.15, -0.1) is 0 Å². The Balaban J connectivity index is 1.41. The van der Waals surface area contributed by atoms with Crippen LogP contribution in [0.4, 0.5) is 5.69 Å². The molecular formula is C27H22N8O. The minimum atomic E-state index is -0.123. The maximum atomic E-state index is 12.1. The molecule has 0 radical (unpaired) electrons. The molecule has 0 bridgehead atoms. The molecule has 0 aliphatic heterocycles. The van der Waals surface area contributed by atoms with Crippen molar-refractivity contribution in [1.29, 1.82) is 0 Å². The molecule has 0 unspecified atom stereocenters. The molecule has 6 heterocycles. The monoisotopic (exact) mass is 474 g/mol. The lowest BCUT2D eigenvalue weighted by molar-refractivity contribution is -0.118. The molecule has 9 heteroatoms. The van der Waals surface area contributed by atoms with E-state index < -0.39 is 0 Å². The highest BCUT2D eigenvalue weighted by Gasteiger charge is 2.16. The Morgan fingerprint density at radius 2 is 1.72 bits per heavy atom. The minimum absolute atomic E-state index is 0.0612. The highest BCUT2D eigenvalue weighted by Crippen LogP contribution is 2.33.